The first-order valence-electron chi connectivity index (χ1n) is 9.14. The summed E-state index contributed by atoms with van der Waals surface area (Å²) in [6.07, 6.45) is 0.489. The fraction of sp³-hybridized carbons (Fsp3) is 0.300. The summed E-state index contributed by atoms with van der Waals surface area (Å²) < 4.78 is 38.1. The Labute approximate surface area is 173 Å². The first-order valence-corrected chi connectivity index (χ1v) is 11.7. The maximum Gasteiger partial charge on any atom is 0.237 e. The number of amides is 2. The van der Waals surface area contributed by atoms with Crippen LogP contribution >= 0.6 is 11.8 Å². The minimum atomic E-state index is -3.68. The standard InChI is InChI=1S/C20H21FN2O4S2/c1-2-17-20(25)23-16-11-15(7-8-18(16)28-17)29(26,27)10-9-19(24)22-12-13-3-5-14(21)6-4-13/h3-8,11,17H,2,9-10,12H2,1H3,(H,22,24)(H,23,25)/t17-/m1/s1. The van der Waals surface area contributed by atoms with Gasteiger partial charge in [-0.15, -0.1) is 11.8 Å². The highest BCUT2D eigenvalue weighted by atomic mass is 32.2. The van der Waals surface area contributed by atoms with Crippen LogP contribution in [-0.4, -0.2) is 31.2 Å². The fourth-order valence-electron chi connectivity index (χ4n) is 2.83. The second-order valence-electron chi connectivity index (χ2n) is 6.63. The van der Waals surface area contributed by atoms with E-state index in [1.807, 2.05) is 6.92 Å². The van der Waals surface area contributed by atoms with E-state index < -0.39 is 15.7 Å². The van der Waals surface area contributed by atoms with Crippen LogP contribution in [0, 0.1) is 5.82 Å². The molecule has 9 heteroatoms. The SMILES string of the molecule is CC[C@H]1Sc2ccc(S(=O)(=O)CCC(=O)NCc3ccc(F)cc3)cc2NC1=O. The lowest BCUT2D eigenvalue weighted by atomic mass is 10.2. The van der Waals surface area contributed by atoms with Gasteiger partial charge in [-0.25, -0.2) is 12.8 Å². The monoisotopic (exact) mass is 436 g/mol. The third-order valence-electron chi connectivity index (χ3n) is 4.50. The van der Waals surface area contributed by atoms with E-state index in [0.29, 0.717) is 12.1 Å². The Morgan fingerprint density at radius 2 is 1.93 bits per heavy atom. The highest BCUT2D eigenvalue weighted by Gasteiger charge is 2.27. The Balaban J connectivity index is 1.59. The van der Waals surface area contributed by atoms with Gasteiger partial charge in [0.25, 0.3) is 0 Å². The highest BCUT2D eigenvalue weighted by molar-refractivity contribution is 8.01. The van der Waals surface area contributed by atoms with E-state index in [1.165, 1.54) is 36.0 Å². The molecule has 0 bridgehead atoms. The van der Waals surface area contributed by atoms with Gasteiger partial charge in [-0.1, -0.05) is 19.1 Å². The van der Waals surface area contributed by atoms with E-state index in [2.05, 4.69) is 10.6 Å². The van der Waals surface area contributed by atoms with E-state index in [-0.39, 0.29) is 40.6 Å². The number of rotatable bonds is 7. The van der Waals surface area contributed by atoms with Crippen molar-refractivity contribution in [1.82, 2.24) is 5.32 Å². The molecule has 2 aromatic carbocycles. The minimum absolute atomic E-state index is 0.0680. The summed E-state index contributed by atoms with van der Waals surface area (Å²) in [5, 5.41) is 5.19. The van der Waals surface area contributed by atoms with Crippen molar-refractivity contribution >= 4 is 39.1 Å². The number of benzene rings is 2. The van der Waals surface area contributed by atoms with Gasteiger partial charge < -0.3 is 10.6 Å². The van der Waals surface area contributed by atoms with Crippen LogP contribution < -0.4 is 10.6 Å². The lowest BCUT2D eigenvalue weighted by Crippen LogP contribution is -2.28. The maximum atomic E-state index is 12.9. The number of hydrogen-bond donors (Lipinski definition) is 2. The molecule has 0 saturated heterocycles. The van der Waals surface area contributed by atoms with E-state index >= 15 is 0 Å². The average Bonchev–Trinajstić information content (AvgIpc) is 2.71. The average molecular weight is 437 g/mol. The van der Waals surface area contributed by atoms with E-state index in [9.17, 15) is 22.4 Å². The predicted molar refractivity (Wildman–Crippen MR) is 110 cm³/mol. The number of anilines is 1. The van der Waals surface area contributed by atoms with Crippen molar-refractivity contribution in [3.8, 4) is 0 Å². The summed E-state index contributed by atoms with van der Waals surface area (Å²) in [5.74, 6) is -1.26. The molecular weight excluding hydrogens is 415 g/mol. The number of halogens is 1. The van der Waals surface area contributed by atoms with Crippen molar-refractivity contribution in [3.63, 3.8) is 0 Å². The molecule has 0 unspecified atom stereocenters. The van der Waals surface area contributed by atoms with Crippen LogP contribution in [0.25, 0.3) is 0 Å². The molecule has 1 atom stereocenters. The third kappa shape index (κ3) is 5.36. The molecule has 1 heterocycles. The normalized spacial score (nSPS) is 16.1. The lowest BCUT2D eigenvalue weighted by Gasteiger charge is -2.23. The van der Waals surface area contributed by atoms with Gasteiger partial charge in [0.1, 0.15) is 5.82 Å². The zero-order valence-electron chi connectivity index (χ0n) is 15.8. The van der Waals surface area contributed by atoms with Crippen molar-refractivity contribution in [2.45, 2.75) is 41.4 Å². The van der Waals surface area contributed by atoms with Crippen LogP contribution in [0.2, 0.25) is 0 Å². The van der Waals surface area contributed by atoms with Crippen LogP contribution in [0.4, 0.5) is 10.1 Å². The van der Waals surface area contributed by atoms with Gasteiger partial charge in [-0.05, 0) is 42.3 Å². The van der Waals surface area contributed by atoms with Crippen molar-refractivity contribution < 1.29 is 22.4 Å². The van der Waals surface area contributed by atoms with Crippen LogP contribution in [0.15, 0.2) is 52.3 Å². The van der Waals surface area contributed by atoms with Gasteiger partial charge in [0.15, 0.2) is 9.84 Å². The topological polar surface area (TPSA) is 92.3 Å². The highest BCUT2D eigenvalue weighted by Crippen LogP contribution is 2.38. The Morgan fingerprint density at radius 3 is 2.62 bits per heavy atom. The minimum Gasteiger partial charge on any atom is -0.352 e. The van der Waals surface area contributed by atoms with Crippen LogP contribution in [0.5, 0.6) is 0 Å². The summed E-state index contributed by atoms with van der Waals surface area (Å²) in [6.45, 7) is 2.11. The molecule has 0 aliphatic carbocycles. The van der Waals surface area contributed by atoms with Crippen molar-refractivity contribution in [3.05, 3.63) is 53.8 Å². The summed E-state index contributed by atoms with van der Waals surface area (Å²) in [6, 6.07) is 10.3. The van der Waals surface area contributed by atoms with Crippen LogP contribution in [-0.2, 0) is 26.0 Å². The summed E-state index contributed by atoms with van der Waals surface area (Å²) in [5.41, 5.74) is 1.20. The second-order valence-corrected chi connectivity index (χ2v) is 9.99. The molecule has 2 N–H and O–H groups in total. The molecule has 2 amide bonds. The second kappa shape index (κ2) is 8.96. The van der Waals surface area contributed by atoms with Gasteiger partial charge in [0.05, 0.1) is 21.6 Å². The number of sulfone groups is 1. The molecule has 1 aliphatic heterocycles. The number of hydrogen-bond acceptors (Lipinski definition) is 5. The Morgan fingerprint density at radius 1 is 1.21 bits per heavy atom. The van der Waals surface area contributed by atoms with Gasteiger partial charge in [0.2, 0.25) is 11.8 Å². The predicted octanol–water partition coefficient (Wildman–Crippen LogP) is 3.13. The van der Waals surface area contributed by atoms with E-state index in [0.717, 1.165) is 10.5 Å². The Kier molecular flexibility index (Phi) is 6.59. The number of carbonyl (C=O) groups is 2. The molecule has 154 valence electrons. The molecule has 0 fully saturated rings. The first kappa shape index (κ1) is 21.3. The third-order valence-corrected chi connectivity index (χ3v) is 7.66. The zero-order valence-corrected chi connectivity index (χ0v) is 17.4. The zero-order chi connectivity index (χ0) is 21.0. The summed E-state index contributed by atoms with van der Waals surface area (Å²) in [4.78, 5) is 24.9. The molecule has 1 aliphatic rings. The van der Waals surface area contributed by atoms with Gasteiger partial charge in [0, 0.05) is 17.9 Å². The molecule has 0 saturated carbocycles. The molecule has 0 radical (unpaired) electrons. The number of carbonyl (C=O) groups excluding carboxylic acids is 2. The first-order chi connectivity index (χ1) is 13.8. The largest absolute Gasteiger partial charge is 0.352 e. The van der Waals surface area contributed by atoms with E-state index in [1.54, 1.807) is 18.2 Å². The molecule has 0 aromatic heterocycles. The summed E-state index contributed by atoms with van der Waals surface area (Å²) in [7, 11) is -3.68. The number of thioether (sulfide) groups is 1. The fourth-order valence-corrected chi connectivity index (χ4v) is 5.11. The number of fused-ring (bicyclic) bond motifs is 1. The van der Waals surface area contributed by atoms with Crippen LogP contribution in [0.1, 0.15) is 25.3 Å². The Bertz CT molecular complexity index is 1020. The summed E-state index contributed by atoms with van der Waals surface area (Å²) >= 11 is 1.41. The van der Waals surface area contributed by atoms with Gasteiger partial charge >= 0.3 is 0 Å². The lowest BCUT2D eigenvalue weighted by molar-refractivity contribution is -0.121. The van der Waals surface area contributed by atoms with Crippen molar-refractivity contribution in [2.24, 2.45) is 0 Å². The molecule has 3 rings (SSSR count). The van der Waals surface area contributed by atoms with Crippen molar-refractivity contribution in [2.75, 3.05) is 11.1 Å². The number of nitrogens with one attached hydrogen (secondary N) is 2. The molecule has 6 nitrogen and oxygen atoms in total. The van der Waals surface area contributed by atoms with Crippen molar-refractivity contribution in [1.29, 1.82) is 0 Å². The van der Waals surface area contributed by atoms with Gasteiger partial charge in [-0.3, -0.25) is 9.59 Å². The molecule has 2 aromatic rings. The van der Waals surface area contributed by atoms with Gasteiger partial charge in [-0.2, -0.15) is 0 Å². The molecule has 29 heavy (non-hydrogen) atoms. The Hall–Kier alpha value is -2.39. The quantitative estimate of drug-likeness (QED) is 0.696. The van der Waals surface area contributed by atoms with Crippen LogP contribution in [0.3, 0.4) is 0 Å². The molecule has 0 spiro atoms. The maximum absolute atomic E-state index is 12.9. The molecular formula is C20H21FN2O4S2. The smallest absolute Gasteiger partial charge is 0.237 e. The van der Waals surface area contributed by atoms with E-state index in [4.69, 9.17) is 0 Å².